The van der Waals surface area contributed by atoms with Gasteiger partial charge in [-0.3, -0.25) is 0 Å². The van der Waals surface area contributed by atoms with Gasteiger partial charge in [0.1, 0.15) is 29.7 Å². The van der Waals surface area contributed by atoms with Crippen LogP contribution in [-0.2, 0) is 13.2 Å². The quantitative estimate of drug-likeness (QED) is 0.223. The number of rotatable bonds is 10. The molecule has 5 rings (SSSR count). The molecule has 0 saturated carbocycles. The molecule has 0 fully saturated rings. The zero-order chi connectivity index (χ0) is 23.2. The van der Waals surface area contributed by atoms with Gasteiger partial charge in [0.25, 0.3) is 0 Å². The molecular formula is C29H28N2O3. The van der Waals surface area contributed by atoms with E-state index in [4.69, 9.17) is 19.2 Å². The summed E-state index contributed by atoms with van der Waals surface area (Å²) in [7, 11) is 1.66. The lowest BCUT2D eigenvalue weighted by Crippen LogP contribution is -2.09. The molecule has 0 aliphatic carbocycles. The molecule has 0 bridgehead atoms. The summed E-state index contributed by atoms with van der Waals surface area (Å²) in [4.78, 5) is 4.87. The highest BCUT2D eigenvalue weighted by molar-refractivity contribution is 5.88. The van der Waals surface area contributed by atoms with Crippen LogP contribution in [0.25, 0.3) is 21.8 Å². The Morgan fingerprint density at radius 2 is 1.50 bits per heavy atom. The third kappa shape index (κ3) is 4.84. The Morgan fingerprint density at radius 3 is 2.38 bits per heavy atom. The van der Waals surface area contributed by atoms with Crippen molar-refractivity contribution in [3.63, 3.8) is 0 Å². The fourth-order valence-corrected chi connectivity index (χ4v) is 4.18. The van der Waals surface area contributed by atoms with E-state index in [1.54, 1.807) is 7.11 Å². The molecule has 1 aromatic heterocycles. The second kappa shape index (κ2) is 10.3. The first-order valence-electron chi connectivity index (χ1n) is 11.6. The van der Waals surface area contributed by atoms with Crippen molar-refractivity contribution >= 4 is 21.8 Å². The number of fused-ring (bicyclic) bond motifs is 2. The summed E-state index contributed by atoms with van der Waals surface area (Å²) in [6.45, 7) is 1.95. The Kier molecular flexibility index (Phi) is 6.61. The number of unbranched alkanes of at least 4 members (excludes halogenated alkanes) is 1. The van der Waals surface area contributed by atoms with Crippen LogP contribution in [0.4, 0.5) is 0 Å². The number of methoxy groups -OCH3 is 1. The largest absolute Gasteiger partial charge is 0.497 e. The van der Waals surface area contributed by atoms with Gasteiger partial charge in [-0.2, -0.15) is 0 Å². The lowest BCUT2D eigenvalue weighted by molar-refractivity contribution is 0.287. The fourth-order valence-electron chi connectivity index (χ4n) is 4.18. The minimum absolute atomic E-state index is 0.422. The van der Waals surface area contributed by atoms with Crippen molar-refractivity contribution < 1.29 is 14.2 Å². The first-order chi connectivity index (χ1) is 16.8. The maximum absolute atomic E-state index is 6.26. The molecule has 34 heavy (non-hydrogen) atoms. The van der Waals surface area contributed by atoms with Gasteiger partial charge in [0.15, 0.2) is 0 Å². The Balaban J connectivity index is 1.24. The van der Waals surface area contributed by atoms with Gasteiger partial charge in [-0.1, -0.05) is 48.5 Å². The molecule has 5 aromatic rings. The third-order valence-electron chi connectivity index (χ3n) is 5.94. The van der Waals surface area contributed by atoms with Crippen LogP contribution in [0.5, 0.6) is 17.2 Å². The number of nitrogens with zero attached hydrogens (tertiary/aromatic N) is 2. The van der Waals surface area contributed by atoms with Gasteiger partial charge in [0, 0.05) is 11.9 Å². The average Bonchev–Trinajstić information content (AvgIpc) is 3.25. The fraction of sp³-hybridized carbons (Fsp3) is 0.207. The van der Waals surface area contributed by atoms with Crippen LogP contribution < -0.4 is 14.2 Å². The minimum atomic E-state index is 0.422. The normalized spacial score (nSPS) is 11.1. The van der Waals surface area contributed by atoms with E-state index in [1.165, 1.54) is 5.39 Å². The standard InChI is InChI=1S/C29H28N2O3/c1-32-23-15-17-24(18-16-23)33-20-7-6-19-31-27-13-5-4-12-26(27)30-29(31)21-34-28-14-8-10-22-9-2-3-11-25(22)28/h2-5,8-18H,6-7,19-21H2,1H3. The van der Waals surface area contributed by atoms with Crippen molar-refractivity contribution in [1.82, 2.24) is 9.55 Å². The number of ether oxygens (including phenoxy) is 3. The zero-order valence-corrected chi connectivity index (χ0v) is 19.3. The van der Waals surface area contributed by atoms with Gasteiger partial charge in [0.05, 0.1) is 24.8 Å². The summed E-state index contributed by atoms with van der Waals surface area (Å²) < 4.78 is 19.6. The van der Waals surface area contributed by atoms with E-state index in [0.717, 1.165) is 58.9 Å². The number of aryl methyl sites for hydroxylation is 1. The van der Waals surface area contributed by atoms with Crippen molar-refractivity contribution in [3.8, 4) is 17.2 Å². The van der Waals surface area contributed by atoms with E-state index in [-0.39, 0.29) is 0 Å². The molecule has 5 nitrogen and oxygen atoms in total. The van der Waals surface area contributed by atoms with Crippen LogP contribution in [-0.4, -0.2) is 23.3 Å². The smallest absolute Gasteiger partial charge is 0.147 e. The lowest BCUT2D eigenvalue weighted by Gasteiger charge is -2.12. The van der Waals surface area contributed by atoms with Gasteiger partial charge >= 0.3 is 0 Å². The van der Waals surface area contributed by atoms with E-state index >= 15 is 0 Å². The molecule has 0 N–H and O–H groups in total. The number of benzene rings is 4. The predicted molar refractivity (Wildman–Crippen MR) is 136 cm³/mol. The first kappa shape index (κ1) is 21.8. The number of aromatic nitrogens is 2. The van der Waals surface area contributed by atoms with Gasteiger partial charge in [-0.25, -0.2) is 4.98 Å². The van der Waals surface area contributed by atoms with Crippen LogP contribution in [0, 0.1) is 0 Å². The minimum Gasteiger partial charge on any atom is -0.497 e. The molecular weight excluding hydrogens is 424 g/mol. The van der Waals surface area contributed by atoms with Gasteiger partial charge < -0.3 is 18.8 Å². The number of para-hydroxylation sites is 2. The van der Waals surface area contributed by atoms with E-state index < -0.39 is 0 Å². The molecule has 0 aliphatic rings. The van der Waals surface area contributed by atoms with Crippen molar-refractivity contribution in [2.24, 2.45) is 0 Å². The molecule has 0 aliphatic heterocycles. The van der Waals surface area contributed by atoms with Gasteiger partial charge in [-0.15, -0.1) is 0 Å². The zero-order valence-electron chi connectivity index (χ0n) is 19.3. The molecule has 0 saturated heterocycles. The molecule has 0 atom stereocenters. The Hall–Kier alpha value is -3.99. The van der Waals surface area contributed by atoms with Crippen LogP contribution in [0.1, 0.15) is 18.7 Å². The van der Waals surface area contributed by atoms with Crippen LogP contribution >= 0.6 is 0 Å². The summed E-state index contributed by atoms with van der Waals surface area (Å²) in [6.07, 6.45) is 1.93. The highest BCUT2D eigenvalue weighted by Crippen LogP contribution is 2.26. The third-order valence-corrected chi connectivity index (χ3v) is 5.94. The average molecular weight is 453 g/mol. The Bertz CT molecular complexity index is 1370. The highest BCUT2D eigenvalue weighted by Gasteiger charge is 2.12. The van der Waals surface area contributed by atoms with Crippen molar-refractivity contribution in [1.29, 1.82) is 0 Å². The SMILES string of the molecule is COc1ccc(OCCCCn2c(COc3cccc4ccccc34)nc3ccccc32)cc1. The van der Waals surface area contributed by atoms with E-state index in [1.807, 2.05) is 54.6 Å². The molecule has 172 valence electrons. The van der Waals surface area contributed by atoms with Crippen molar-refractivity contribution in [2.75, 3.05) is 13.7 Å². The predicted octanol–water partition coefficient (Wildman–Crippen LogP) is 6.64. The van der Waals surface area contributed by atoms with Gasteiger partial charge in [-0.05, 0) is 60.7 Å². The number of hydrogen-bond acceptors (Lipinski definition) is 4. The molecule has 0 unspecified atom stereocenters. The van der Waals surface area contributed by atoms with Crippen molar-refractivity contribution in [3.05, 3.63) is 96.8 Å². The maximum atomic E-state index is 6.26. The Morgan fingerprint density at radius 1 is 0.735 bits per heavy atom. The molecule has 5 heteroatoms. The monoisotopic (exact) mass is 452 g/mol. The number of imidazole rings is 1. The summed E-state index contributed by atoms with van der Waals surface area (Å²) >= 11 is 0. The Labute approximate surface area is 199 Å². The van der Waals surface area contributed by atoms with E-state index in [2.05, 4.69) is 41.0 Å². The summed E-state index contributed by atoms with van der Waals surface area (Å²) in [5.41, 5.74) is 2.13. The topological polar surface area (TPSA) is 45.5 Å². The van der Waals surface area contributed by atoms with Crippen LogP contribution in [0.3, 0.4) is 0 Å². The second-order valence-electron chi connectivity index (χ2n) is 8.17. The van der Waals surface area contributed by atoms with E-state index in [0.29, 0.717) is 13.2 Å². The van der Waals surface area contributed by atoms with Crippen molar-refractivity contribution in [2.45, 2.75) is 26.0 Å². The molecule has 0 spiro atoms. The molecule has 4 aromatic carbocycles. The summed E-state index contributed by atoms with van der Waals surface area (Å²) in [6, 6.07) is 30.4. The highest BCUT2D eigenvalue weighted by atomic mass is 16.5. The summed E-state index contributed by atoms with van der Waals surface area (Å²) in [5, 5.41) is 2.29. The lowest BCUT2D eigenvalue weighted by atomic mass is 10.1. The number of hydrogen-bond donors (Lipinski definition) is 0. The summed E-state index contributed by atoms with van der Waals surface area (Å²) in [5.74, 6) is 3.51. The van der Waals surface area contributed by atoms with E-state index in [9.17, 15) is 0 Å². The second-order valence-corrected chi connectivity index (χ2v) is 8.17. The maximum Gasteiger partial charge on any atom is 0.147 e. The first-order valence-corrected chi connectivity index (χ1v) is 11.6. The van der Waals surface area contributed by atoms with Crippen LogP contribution in [0.15, 0.2) is 91.0 Å². The van der Waals surface area contributed by atoms with Crippen LogP contribution in [0.2, 0.25) is 0 Å². The molecule has 0 amide bonds. The molecule has 1 heterocycles. The molecule has 0 radical (unpaired) electrons. The van der Waals surface area contributed by atoms with Gasteiger partial charge in [0.2, 0.25) is 0 Å².